The van der Waals surface area contributed by atoms with Crippen molar-refractivity contribution in [2.24, 2.45) is 23.0 Å². The zero-order valence-corrected chi connectivity index (χ0v) is 13.4. The van der Waals surface area contributed by atoms with Crippen molar-refractivity contribution in [2.75, 3.05) is 26.2 Å². The molecule has 3 nitrogen and oxygen atoms in total. The number of piperidine rings is 1. The first-order valence-corrected chi connectivity index (χ1v) is 7.91. The lowest BCUT2D eigenvalue weighted by Gasteiger charge is -2.61. The maximum absolute atomic E-state index is 6.70. The van der Waals surface area contributed by atoms with Crippen LogP contribution >= 0.6 is 0 Å². The summed E-state index contributed by atoms with van der Waals surface area (Å²) in [5.41, 5.74) is 6.71. The lowest BCUT2D eigenvalue weighted by molar-refractivity contribution is -0.158. The van der Waals surface area contributed by atoms with Crippen LogP contribution in [0, 0.1) is 17.3 Å². The Labute approximate surface area is 118 Å². The second-order valence-electron chi connectivity index (χ2n) is 7.67. The Morgan fingerprint density at radius 2 is 1.79 bits per heavy atom. The monoisotopic (exact) mass is 268 g/mol. The molecule has 0 radical (unpaired) electrons. The Morgan fingerprint density at radius 1 is 1.21 bits per heavy atom. The fourth-order valence-electron chi connectivity index (χ4n) is 4.10. The lowest BCUT2D eigenvalue weighted by Crippen LogP contribution is -2.74. The molecule has 0 aromatic heterocycles. The smallest absolute Gasteiger partial charge is 0.0662 e. The van der Waals surface area contributed by atoms with Crippen molar-refractivity contribution >= 4 is 0 Å². The van der Waals surface area contributed by atoms with Crippen molar-refractivity contribution in [3.8, 4) is 0 Å². The zero-order valence-electron chi connectivity index (χ0n) is 13.4. The molecule has 0 bridgehead atoms. The number of likely N-dealkylation sites (tertiary alicyclic amines) is 1. The number of hydrogen-bond donors (Lipinski definition) is 1. The highest BCUT2D eigenvalue weighted by Gasteiger charge is 2.58. The van der Waals surface area contributed by atoms with Gasteiger partial charge in [0.25, 0.3) is 0 Å². The highest BCUT2D eigenvalue weighted by molar-refractivity contribution is 5.15. The minimum atomic E-state index is -0.0797. The molecule has 1 aliphatic carbocycles. The average molecular weight is 268 g/mol. The van der Waals surface area contributed by atoms with E-state index < -0.39 is 0 Å². The number of nitrogens with two attached hydrogens (primary N) is 1. The molecule has 1 saturated carbocycles. The highest BCUT2D eigenvalue weighted by atomic mass is 16.5. The van der Waals surface area contributed by atoms with Gasteiger partial charge in [0.2, 0.25) is 0 Å². The first-order chi connectivity index (χ1) is 8.78. The predicted octanol–water partition coefficient (Wildman–Crippen LogP) is 2.50. The SMILES string of the molecule is CCOC1CC(N)(CN2CC(C)CC(C)C2)C1(C)C. The minimum Gasteiger partial charge on any atom is -0.378 e. The Bertz CT molecular complexity index is 308. The molecule has 19 heavy (non-hydrogen) atoms. The molecule has 2 aliphatic rings. The van der Waals surface area contributed by atoms with Crippen molar-refractivity contribution in [2.45, 2.75) is 59.1 Å². The van der Waals surface area contributed by atoms with E-state index in [2.05, 4.69) is 39.5 Å². The minimum absolute atomic E-state index is 0.0797. The van der Waals surface area contributed by atoms with E-state index in [9.17, 15) is 0 Å². The fraction of sp³-hybridized carbons (Fsp3) is 1.00. The standard InChI is InChI=1S/C16H32N2O/c1-6-19-14-8-16(17,15(14,4)5)11-18-9-12(2)7-13(3)10-18/h12-14H,6-11,17H2,1-5H3. The Kier molecular flexibility index (Phi) is 4.29. The summed E-state index contributed by atoms with van der Waals surface area (Å²) in [4.78, 5) is 2.59. The third-order valence-electron chi connectivity index (χ3n) is 5.46. The summed E-state index contributed by atoms with van der Waals surface area (Å²) in [6.07, 6.45) is 2.70. The van der Waals surface area contributed by atoms with E-state index in [1.807, 2.05) is 0 Å². The summed E-state index contributed by atoms with van der Waals surface area (Å²) in [7, 11) is 0. The van der Waals surface area contributed by atoms with Crippen LogP contribution in [0.2, 0.25) is 0 Å². The van der Waals surface area contributed by atoms with Crippen LogP contribution in [0.1, 0.15) is 47.5 Å². The summed E-state index contributed by atoms with van der Waals surface area (Å²) < 4.78 is 5.82. The third-order valence-corrected chi connectivity index (χ3v) is 5.46. The van der Waals surface area contributed by atoms with Gasteiger partial charge in [-0.3, -0.25) is 0 Å². The first kappa shape index (κ1) is 15.3. The summed E-state index contributed by atoms with van der Waals surface area (Å²) in [5.74, 6) is 1.61. The maximum Gasteiger partial charge on any atom is 0.0662 e. The summed E-state index contributed by atoms with van der Waals surface area (Å²) in [6.45, 7) is 15.6. The molecule has 4 unspecified atom stereocenters. The summed E-state index contributed by atoms with van der Waals surface area (Å²) >= 11 is 0. The molecule has 0 aromatic carbocycles. The van der Waals surface area contributed by atoms with Gasteiger partial charge in [0.05, 0.1) is 6.10 Å². The number of nitrogens with zero attached hydrogens (tertiary/aromatic N) is 1. The van der Waals surface area contributed by atoms with Crippen LogP contribution in [0.15, 0.2) is 0 Å². The Balaban J connectivity index is 1.95. The van der Waals surface area contributed by atoms with E-state index in [4.69, 9.17) is 10.5 Å². The number of rotatable bonds is 4. The van der Waals surface area contributed by atoms with E-state index in [1.165, 1.54) is 19.5 Å². The van der Waals surface area contributed by atoms with Gasteiger partial charge in [-0.15, -0.1) is 0 Å². The van der Waals surface area contributed by atoms with Gasteiger partial charge < -0.3 is 15.4 Å². The van der Waals surface area contributed by atoms with Gasteiger partial charge in [-0.25, -0.2) is 0 Å². The van der Waals surface area contributed by atoms with Crippen molar-refractivity contribution in [1.29, 1.82) is 0 Å². The molecule has 2 fully saturated rings. The summed E-state index contributed by atoms with van der Waals surface area (Å²) in [6, 6.07) is 0. The van der Waals surface area contributed by atoms with Crippen LogP contribution in [-0.2, 0) is 4.74 Å². The van der Waals surface area contributed by atoms with Crippen molar-refractivity contribution in [1.82, 2.24) is 4.90 Å². The van der Waals surface area contributed by atoms with E-state index in [0.29, 0.717) is 6.10 Å². The second-order valence-corrected chi connectivity index (χ2v) is 7.67. The maximum atomic E-state index is 6.70. The molecule has 0 amide bonds. The quantitative estimate of drug-likeness (QED) is 0.851. The Hall–Kier alpha value is -0.120. The van der Waals surface area contributed by atoms with E-state index >= 15 is 0 Å². The Morgan fingerprint density at radius 3 is 2.26 bits per heavy atom. The zero-order chi connectivity index (χ0) is 14.3. The van der Waals surface area contributed by atoms with Gasteiger partial charge in [0, 0.05) is 37.2 Å². The molecule has 4 atom stereocenters. The molecule has 112 valence electrons. The van der Waals surface area contributed by atoms with Gasteiger partial charge in [-0.1, -0.05) is 27.7 Å². The third kappa shape index (κ3) is 2.84. The van der Waals surface area contributed by atoms with Crippen LogP contribution in [0.4, 0.5) is 0 Å². The van der Waals surface area contributed by atoms with E-state index in [1.54, 1.807) is 0 Å². The van der Waals surface area contributed by atoms with Gasteiger partial charge in [0.1, 0.15) is 0 Å². The van der Waals surface area contributed by atoms with Crippen molar-refractivity contribution in [3.63, 3.8) is 0 Å². The van der Waals surface area contributed by atoms with Crippen LogP contribution in [0.5, 0.6) is 0 Å². The van der Waals surface area contributed by atoms with Gasteiger partial charge >= 0.3 is 0 Å². The largest absolute Gasteiger partial charge is 0.378 e. The second kappa shape index (κ2) is 5.34. The molecular formula is C16H32N2O. The molecule has 1 saturated heterocycles. The molecule has 0 spiro atoms. The number of ether oxygens (including phenoxy) is 1. The first-order valence-electron chi connectivity index (χ1n) is 7.91. The van der Waals surface area contributed by atoms with Gasteiger partial charge in [-0.2, -0.15) is 0 Å². The molecule has 0 aromatic rings. The van der Waals surface area contributed by atoms with Crippen LogP contribution in [-0.4, -0.2) is 42.8 Å². The average Bonchev–Trinajstić information content (AvgIpc) is 2.27. The van der Waals surface area contributed by atoms with Crippen LogP contribution < -0.4 is 5.73 Å². The topological polar surface area (TPSA) is 38.5 Å². The molecular weight excluding hydrogens is 236 g/mol. The highest BCUT2D eigenvalue weighted by Crippen LogP contribution is 2.50. The number of hydrogen-bond acceptors (Lipinski definition) is 3. The van der Waals surface area contributed by atoms with Crippen molar-refractivity contribution < 1.29 is 4.74 Å². The van der Waals surface area contributed by atoms with Crippen molar-refractivity contribution in [3.05, 3.63) is 0 Å². The fourth-order valence-corrected chi connectivity index (χ4v) is 4.10. The van der Waals surface area contributed by atoms with Gasteiger partial charge in [-0.05, 0) is 31.6 Å². The van der Waals surface area contributed by atoms with Crippen LogP contribution in [0.3, 0.4) is 0 Å². The van der Waals surface area contributed by atoms with E-state index in [-0.39, 0.29) is 11.0 Å². The predicted molar refractivity (Wildman–Crippen MR) is 80.1 cm³/mol. The molecule has 2 N–H and O–H groups in total. The van der Waals surface area contributed by atoms with Gasteiger partial charge in [0.15, 0.2) is 0 Å². The lowest BCUT2D eigenvalue weighted by atomic mass is 9.54. The van der Waals surface area contributed by atoms with Crippen LogP contribution in [0.25, 0.3) is 0 Å². The molecule has 1 heterocycles. The molecule has 3 heteroatoms. The molecule has 1 aliphatic heterocycles. The van der Waals surface area contributed by atoms with E-state index in [0.717, 1.165) is 31.4 Å². The molecule has 2 rings (SSSR count). The normalized spacial score (nSPS) is 42.9. The summed E-state index contributed by atoms with van der Waals surface area (Å²) in [5, 5.41) is 0.